The van der Waals surface area contributed by atoms with Gasteiger partial charge in [0.05, 0.1) is 11.8 Å². The molecule has 0 unspecified atom stereocenters. The van der Waals surface area contributed by atoms with Crippen molar-refractivity contribution in [3.05, 3.63) is 23.9 Å². The summed E-state index contributed by atoms with van der Waals surface area (Å²) < 4.78 is 16.1. The molecule has 0 radical (unpaired) electrons. The number of aryl methyl sites for hydroxylation is 1. The molecule has 2 heterocycles. The predicted octanol–water partition coefficient (Wildman–Crippen LogP) is 2.00. The van der Waals surface area contributed by atoms with Gasteiger partial charge in [0, 0.05) is 5.56 Å². The molecule has 88 valence electrons. The average Bonchev–Trinajstić information content (AvgIpc) is 2.75. The van der Waals surface area contributed by atoms with Crippen molar-refractivity contribution in [1.29, 1.82) is 0 Å². The molecule has 0 fully saturated rings. The molecule has 1 aromatic carbocycles. The summed E-state index contributed by atoms with van der Waals surface area (Å²) in [5, 5.41) is 3.69. The molecule has 0 saturated carbocycles. The van der Waals surface area contributed by atoms with Crippen LogP contribution in [0.25, 0.3) is 11.1 Å². The van der Waals surface area contributed by atoms with Crippen LogP contribution >= 0.6 is 0 Å². The topological polar surface area (TPSA) is 70.5 Å². The van der Waals surface area contributed by atoms with Crippen molar-refractivity contribution >= 4 is 5.88 Å². The molecule has 0 saturated heterocycles. The number of hydrogen-bond acceptors (Lipinski definition) is 5. The molecule has 5 heteroatoms. The fourth-order valence-corrected chi connectivity index (χ4v) is 1.99. The third kappa shape index (κ3) is 1.51. The van der Waals surface area contributed by atoms with E-state index in [4.69, 9.17) is 19.7 Å². The Morgan fingerprint density at radius 2 is 2.06 bits per heavy atom. The number of hydrogen-bond donors (Lipinski definition) is 1. The largest absolute Gasteiger partial charge is 0.486 e. The van der Waals surface area contributed by atoms with Crippen molar-refractivity contribution in [3.8, 4) is 22.6 Å². The van der Waals surface area contributed by atoms with Crippen LogP contribution in [0.15, 0.2) is 22.9 Å². The SMILES string of the molecule is Cc1ccc2c(c1-c1cnoc1N)OCCO2. The standard InChI is InChI=1S/C12H12N2O3/c1-7-2-3-9-11(16-5-4-15-9)10(7)8-6-14-17-12(8)13/h2-3,6H,4-5,13H2,1H3. The van der Waals surface area contributed by atoms with E-state index in [-0.39, 0.29) is 5.88 Å². The molecule has 17 heavy (non-hydrogen) atoms. The Morgan fingerprint density at radius 3 is 2.82 bits per heavy atom. The van der Waals surface area contributed by atoms with Crippen molar-refractivity contribution in [1.82, 2.24) is 5.16 Å². The third-order valence-electron chi connectivity index (χ3n) is 2.78. The Morgan fingerprint density at radius 1 is 1.24 bits per heavy atom. The van der Waals surface area contributed by atoms with E-state index in [1.807, 2.05) is 19.1 Å². The number of rotatable bonds is 1. The summed E-state index contributed by atoms with van der Waals surface area (Å²) in [5.74, 6) is 1.74. The molecule has 0 atom stereocenters. The van der Waals surface area contributed by atoms with Gasteiger partial charge in [-0.15, -0.1) is 0 Å². The number of nitrogens with zero attached hydrogens (tertiary/aromatic N) is 1. The minimum Gasteiger partial charge on any atom is -0.486 e. The molecule has 0 aliphatic carbocycles. The molecule has 1 aliphatic heterocycles. The first-order valence-corrected chi connectivity index (χ1v) is 5.37. The maximum Gasteiger partial charge on any atom is 0.230 e. The summed E-state index contributed by atoms with van der Waals surface area (Å²) in [6.45, 7) is 3.09. The van der Waals surface area contributed by atoms with Gasteiger partial charge in [-0.25, -0.2) is 0 Å². The molecule has 1 aromatic heterocycles. The van der Waals surface area contributed by atoms with Gasteiger partial charge in [0.15, 0.2) is 11.5 Å². The zero-order valence-electron chi connectivity index (χ0n) is 9.40. The lowest BCUT2D eigenvalue weighted by molar-refractivity contribution is 0.172. The fraction of sp³-hybridized carbons (Fsp3) is 0.250. The Hall–Kier alpha value is -2.17. The highest BCUT2D eigenvalue weighted by Crippen LogP contribution is 2.43. The quantitative estimate of drug-likeness (QED) is 0.814. The summed E-state index contributed by atoms with van der Waals surface area (Å²) in [7, 11) is 0. The highest BCUT2D eigenvalue weighted by molar-refractivity contribution is 5.82. The summed E-state index contributed by atoms with van der Waals surface area (Å²) >= 11 is 0. The van der Waals surface area contributed by atoms with Gasteiger partial charge < -0.3 is 19.7 Å². The van der Waals surface area contributed by atoms with Crippen LogP contribution in [-0.2, 0) is 0 Å². The van der Waals surface area contributed by atoms with Crippen molar-refractivity contribution < 1.29 is 14.0 Å². The average molecular weight is 232 g/mol. The van der Waals surface area contributed by atoms with E-state index in [1.165, 1.54) is 0 Å². The first-order chi connectivity index (χ1) is 8.27. The number of nitrogens with two attached hydrogens (primary N) is 1. The number of anilines is 1. The number of ether oxygens (including phenoxy) is 2. The van der Waals surface area contributed by atoms with E-state index in [0.717, 1.165) is 22.4 Å². The Labute approximate surface area is 98.1 Å². The number of fused-ring (bicyclic) bond motifs is 1. The molecule has 0 amide bonds. The van der Waals surface area contributed by atoms with E-state index in [0.29, 0.717) is 19.0 Å². The van der Waals surface area contributed by atoms with Gasteiger partial charge in [-0.3, -0.25) is 0 Å². The van der Waals surface area contributed by atoms with Crippen LogP contribution in [0, 0.1) is 6.92 Å². The molecule has 3 rings (SSSR count). The minimum atomic E-state index is 0.288. The van der Waals surface area contributed by atoms with Crippen LogP contribution in [0.3, 0.4) is 0 Å². The van der Waals surface area contributed by atoms with Crippen molar-refractivity contribution in [2.75, 3.05) is 18.9 Å². The van der Waals surface area contributed by atoms with Crippen LogP contribution in [0.4, 0.5) is 5.88 Å². The van der Waals surface area contributed by atoms with E-state index >= 15 is 0 Å². The van der Waals surface area contributed by atoms with Gasteiger partial charge in [-0.05, 0) is 18.6 Å². The smallest absolute Gasteiger partial charge is 0.230 e. The minimum absolute atomic E-state index is 0.288. The lowest BCUT2D eigenvalue weighted by Gasteiger charge is -2.21. The molecule has 5 nitrogen and oxygen atoms in total. The Bertz CT molecular complexity index is 563. The van der Waals surface area contributed by atoms with Gasteiger partial charge in [-0.2, -0.15) is 0 Å². The first kappa shape index (κ1) is 10.0. The van der Waals surface area contributed by atoms with Gasteiger partial charge in [0.25, 0.3) is 0 Å². The van der Waals surface area contributed by atoms with Crippen LogP contribution in [0.1, 0.15) is 5.56 Å². The van der Waals surface area contributed by atoms with Crippen LogP contribution in [0.2, 0.25) is 0 Å². The summed E-state index contributed by atoms with van der Waals surface area (Å²) in [6, 6.07) is 3.87. The van der Waals surface area contributed by atoms with Crippen molar-refractivity contribution in [2.45, 2.75) is 6.92 Å². The molecule has 2 N–H and O–H groups in total. The second kappa shape index (κ2) is 3.69. The predicted molar refractivity (Wildman–Crippen MR) is 62.1 cm³/mol. The summed E-state index contributed by atoms with van der Waals surface area (Å²) in [6.07, 6.45) is 1.59. The maximum atomic E-state index is 5.75. The number of aromatic nitrogens is 1. The third-order valence-corrected chi connectivity index (χ3v) is 2.78. The van der Waals surface area contributed by atoms with Crippen molar-refractivity contribution in [2.24, 2.45) is 0 Å². The maximum absolute atomic E-state index is 5.75. The van der Waals surface area contributed by atoms with Gasteiger partial charge in [-0.1, -0.05) is 11.2 Å². The lowest BCUT2D eigenvalue weighted by atomic mass is 10.0. The summed E-state index contributed by atoms with van der Waals surface area (Å²) in [5.41, 5.74) is 8.42. The van der Waals surface area contributed by atoms with Crippen LogP contribution < -0.4 is 15.2 Å². The second-order valence-corrected chi connectivity index (χ2v) is 3.89. The van der Waals surface area contributed by atoms with E-state index < -0.39 is 0 Å². The number of nitrogen functional groups attached to an aromatic ring is 1. The van der Waals surface area contributed by atoms with E-state index in [9.17, 15) is 0 Å². The van der Waals surface area contributed by atoms with Gasteiger partial charge in [0.2, 0.25) is 5.88 Å². The fourth-order valence-electron chi connectivity index (χ4n) is 1.99. The van der Waals surface area contributed by atoms with Crippen LogP contribution in [0.5, 0.6) is 11.5 Å². The Balaban J connectivity index is 2.25. The highest BCUT2D eigenvalue weighted by Gasteiger charge is 2.22. The molecule has 0 spiro atoms. The van der Waals surface area contributed by atoms with Crippen molar-refractivity contribution in [3.63, 3.8) is 0 Å². The molecule has 2 aromatic rings. The van der Waals surface area contributed by atoms with Gasteiger partial charge in [0.1, 0.15) is 13.2 Å². The van der Waals surface area contributed by atoms with E-state index in [1.54, 1.807) is 6.20 Å². The van der Waals surface area contributed by atoms with Crippen LogP contribution in [-0.4, -0.2) is 18.4 Å². The molecule has 1 aliphatic rings. The Kier molecular flexibility index (Phi) is 2.18. The number of benzene rings is 1. The zero-order chi connectivity index (χ0) is 11.8. The normalized spacial score (nSPS) is 13.7. The second-order valence-electron chi connectivity index (χ2n) is 3.89. The van der Waals surface area contributed by atoms with Gasteiger partial charge >= 0.3 is 0 Å². The first-order valence-electron chi connectivity index (χ1n) is 5.37. The zero-order valence-corrected chi connectivity index (χ0v) is 9.40. The lowest BCUT2D eigenvalue weighted by Crippen LogP contribution is -2.16. The van der Waals surface area contributed by atoms with E-state index in [2.05, 4.69) is 5.16 Å². The highest BCUT2D eigenvalue weighted by atomic mass is 16.6. The molecular weight excluding hydrogens is 220 g/mol. The molecule has 0 bridgehead atoms. The molecular formula is C12H12N2O3. The monoisotopic (exact) mass is 232 g/mol. The summed E-state index contributed by atoms with van der Waals surface area (Å²) in [4.78, 5) is 0.